The van der Waals surface area contributed by atoms with Crippen LogP contribution in [-0.4, -0.2) is 25.8 Å². The Morgan fingerprint density at radius 2 is 2.08 bits per heavy atom. The normalized spacial score (nSPS) is 9.69. The van der Waals surface area contributed by atoms with Gasteiger partial charge in [-0.1, -0.05) is 13.8 Å². The number of nitriles is 1. The van der Waals surface area contributed by atoms with Crippen LogP contribution in [0.5, 0.6) is 0 Å². The molecule has 74 valence electrons. The van der Waals surface area contributed by atoms with Crippen molar-refractivity contribution in [3.63, 3.8) is 0 Å². The first-order valence-corrected chi connectivity index (χ1v) is 4.29. The Kier molecular flexibility index (Phi) is 6.93. The highest BCUT2D eigenvalue weighted by molar-refractivity contribution is 5.71. The van der Waals surface area contributed by atoms with Crippen molar-refractivity contribution < 1.29 is 14.3 Å². The molecule has 0 saturated heterocycles. The van der Waals surface area contributed by atoms with Crippen LogP contribution in [0.15, 0.2) is 0 Å². The smallest absolute Gasteiger partial charge is 0.308 e. The lowest BCUT2D eigenvalue weighted by Gasteiger charge is -2.06. The lowest BCUT2D eigenvalue weighted by molar-refractivity contribution is -0.148. The molecule has 0 amide bonds. The van der Waals surface area contributed by atoms with Crippen molar-refractivity contribution in [1.82, 2.24) is 0 Å². The minimum atomic E-state index is -0.219. The molecule has 0 aromatic heterocycles. The molecule has 0 aromatic carbocycles. The van der Waals surface area contributed by atoms with E-state index in [-0.39, 0.29) is 18.5 Å². The molecular weight excluding hydrogens is 170 g/mol. The van der Waals surface area contributed by atoms with E-state index in [1.54, 1.807) is 13.8 Å². The summed E-state index contributed by atoms with van der Waals surface area (Å²) in [7, 11) is 0. The summed E-state index contributed by atoms with van der Waals surface area (Å²) in [6.45, 7) is 4.58. The van der Waals surface area contributed by atoms with Gasteiger partial charge in [0.05, 0.1) is 31.6 Å². The van der Waals surface area contributed by atoms with E-state index in [0.29, 0.717) is 19.6 Å². The number of rotatable bonds is 6. The van der Waals surface area contributed by atoms with Crippen molar-refractivity contribution >= 4 is 5.97 Å². The molecule has 4 nitrogen and oxygen atoms in total. The van der Waals surface area contributed by atoms with E-state index in [0.717, 1.165) is 0 Å². The summed E-state index contributed by atoms with van der Waals surface area (Å²) in [5.74, 6) is -0.317. The molecule has 0 heterocycles. The van der Waals surface area contributed by atoms with Gasteiger partial charge in [-0.25, -0.2) is 0 Å². The first kappa shape index (κ1) is 11.9. The zero-order valence-corrected chi connectivity index (χ0v) is 8.08. The quantitative estimate of drug-likeness (QED) is 0.459. The van der Waals surface area contributed by atoms with E-state index in [2.05, 4.69) is 0 Å². The second-order valence-corrected chi connectivity index (χ2v) is 2.84. The second kappa shape index (κ2) is 7.56. The first-order chi connectivity index (χ1) is 6.18. The number of ether oxygens (including phenoxy) is 2. The van der Waals surface area contributed by atoms with Gasteiger partial charge in [0.2, 0.25) is 0 Å². The molecule has 0 aliphatic rings. The van der Waals surface area contributed by atoms with Crippen LogP contribution in [0.4, 0.5) is 0 Å². The lowest BCUT2D eigenvalue weighted by atomic mass is 10.2. The van der Waals surface area contributed by atoms with Crippen LogP contribution >= 0.6 is 0 Å². The standard InChI is InChI=1S/C9H15NO3/c1-8(2)9(11)13-7-6-12-5-3-4-10/h8H,3,5-7H2,1-2H3. The van der Waals surface area contributed by atoms with Gasteiger partial charge < -0.3 is 9.47 Å². The molecule has 0 fully saturated rings. The van der Waals surface area contributed by atoms with Crippen molar-refractivity contribution in [2.45, 2.75) is 20.3 Å². The Hall–Kier alpha value is -1.08. The molecule has 0 bridgehead atoms. The fourth-order valence-electron chi connectivity index (χ4n) is 0.588. The molecule has 0 saturated carbocycles. The Bertz CT molecular complexity index is 184. The predicted octanol–water partition coefficient (Wildman–Crippen LogP) is 1.12. The Morgan fingerprint density at radius 1 is 1.38 bits per heavy atom. The second-order valence-electron chi connectivity index (χ2n) is 2.84. The van der Waals surface area contributed by atoms with Gasteiger partial charge in [-0.15, -0.1) is 0 Å². The fraction of sp³-hybridized carbons (Fsp3) is 0.778. The number of hydrogen-bond donors (Lipinski definition) is 0. The summed E-state index contributed by atoms with van der Waals surface area (Å²) >= 11 is 0. The van der Waals surface area contributed by atoms with E-state index in [1.807, 2.05) is 6.07 Å². The lowest BCUT2D eigenvalue weighted by Crippen LogP contribution is -2.15. The SMILES string of the molecule is CC(C)C(=O)OCCOCCC#N. The van der Waals surface area contributed by atoms with Crippen LogP contribution in [0.3, 0.4) is 0 Å². The largest absolute Gasteiger partial charge is 0.463 e. The van der Waals surface area contributed by atoms with Crippen molar-refractivity contribution in [2.75, 3.05) is 19.8 Å². The molecule has 0 aromatic rings. The minimum absolute atomic E-state index is 0.0980. The molecule has 0 rings (SSSR count). The van der Waals surface area contributed by atoms with Crippen LogP contribution in [0.2, 0.25) is 0 Å². The molecule has 0 aliphatic carbocycles. The summed E-state index contributed by atoms with van der Waals surface area (Å²) in [5.41, 5.74) is 0. The number of carbonyl (C=O) groups excluding carboxylic acids is 1. The van der Waals surface area contributed by atoms with Gasteiger partial charge in [0, 0.05) is 0 Å². The minimum Gasteiger partial charge on any atom is -0.463 e. The van der Waals surface area contributed by atoms with E-state index in [4.69, 9.17) is 14.7 Å². The maximum atomic E-state index is 10.9. The van der Waals surface area contributed by atoms with Gasteiger partial charge in [0.15, 0.2) is 0 Å². The highest BCUT2D eigenvalue weighted by Gasteiger charge is 2.06. The van der Waals surface area contributed by atoms with E-state index in [1.165, 1.54) is 0 Å². The fourth-order valence-corrected chi connectivity index (χ4v) is 0.588. The third-order valence-corrected chi connectivity index (χ3v) is 1.30. The van der Waals surface area contributed by atoms with E-state index >= 15 is 0 Å². The predicted molar refractivity (Wildman–Crippen MR) is 46.8 cm³/mol. The van der Waals surface area contributed by atoms with Crippen LogP contribution in [0.25, 0.3) is 0 Å². The van der Waals surface area contributed by atoms with Gasteiger partial charge >= 0.3 is 5.97 Å². The van der Waals surface area contributed by atoms with Crippen LogP contribution in [0.1, 0.15) is 20.3 Å². The Morgan fingerprint density at radius 3 is 2.62 bits per heavy atom. The highest BCUT2D eigenvalue weighted by atomic mass is 16.6. The van der Waals surface area contributed by atoms with Gasteiger partial charge in [0.1, 0.15) is 6.61 Å². The molecule has 0 N–H and O–H groups in total. The maximum Gasteiger partial charge on any atom is 0.308 e. The van der Waals surface area contributed by atoms with Gasteiger partial charge in [-0.05, 0) is 0 Å². The van der Waals surface area contributed by atoms with Crippen molar-refractivity contribution in [3.8, 4) is 6.07 Å². The summed E-state index contributed by atoms with van der Waals surface area (Å²) in [6, 6.07) is 1.95. The molecule has 13 heavy (non-hydrogen) atoms. The molecular formula is C9H15NO3. The third-order valence-electron chi connectivity index (χ3n) is 1.30. The highest BCUT2D eigenvalue weighted by Crippen LogP contribution is 1.95. The van der Waals surface area contributed by atoms with Crippen LogP contribution < -0.4 is 0 Å². The summed E-state index contributed by atoms with van der Waals surface area (Å²) in [6.07, 6.45) is 0.373. The van der Waals surface area contributed by atoms with Crippen molar-refractivity contribution in [1.29, 1.82) is 5.26 Å². The van der Waals surface area contributed by atoms with E-state index in [9.17, 15) is 4.79 Å². The van der Waals surface area contributed by atoms with Gasteiger partial charge in [-0.2, -0.15) is 5.26 Å². The number of esters is 1. The topological polar surface area (TPSA) is 59.3 Å². The summed E-state index contributed by atoms with van der Waals surface area (Å²) < 4.78 is 9.84. The molecule has 0 aliphatic heterocycles. The zero-order chi connectivity index (χ0) is 10.1. The molecule has 0 unspecified atom stereocenters. The number of carbonyl (C=O) groups is 1. The Labute approximate surface area is 78.4 Å². The average Bonchev–Trinajstić information content (AvgIpc) is 2.10. The molecule has 0 spiro atoms. The van der Waals surface area contributed by atoms with Crippen molar-refractivity contribution in [2.24, 2.45) is 5.92 Å². The molecule has 0 atom stereocenters. The molecule has 0 radical (unpaired) electrons. The zero-order valence-electron chi connectivity index (χ0n) is 8.08. The van der Waals surface area contributed by atoms with Gasteiger partial charge in [0.25, 0.3) is 0 Å². The third kappa shape index (κ3) is 7.29. The Balaban J connectivity index is 3.17. The maximum absolute atomic E-state index is 10.9. The van der Waals surface area contributed by atoms with Gasteiger partial charge in [-0.3, -0.25) is 4.79 Å². The summed E-state index contributed by atoms with van der Waals surface area (Å²) in [5, 5.41) is 8.17. The van der Waals surface area contributed by atoms with E-state index < -0.39 is 0 Å². The molecule has 4 heteroatoms. The summed E-state index contributed by atoms with van der Waals surface area (Å²) in [4.78, 5) is 10.9. The first-order valence-electron chi connectivity index (χ1n) is 4.29. The number of hydrogen-bond acceptors (Lipinski definition) is 4. The van der Waals surface area contributed by atoms with Crippen LogP contribution in [-0.2, 0) is 14.3 Å². The monoisotopic (exact) mass is 185 g/mol. The van der Waals surface area contributed by atoms with Crippen LogP contribution in [0, 0.1) is 17.2 Å². The average molecular weight is 185 g/mol. The number of nitrogens with zero attached hydrogens (tertiary/aromatic N) is 1. The van der Waals surface area contributed by atoms with Crippen molar-refractivity contribution in [3.05, 3.63) is 0 Å².